The Hall–Kier alpha value is -3.37. The first-order chi connectivity index (χ1) is 18.5. The summed E-state index contributed by atoms with van der Waals surface area (Å²) in [4.78, 5) is 14.1. The molecular formula is C29H28F6N2O2. The summed E-state index contributed by atoms with van der Waals surface area (Å²) in [5.41, 5.74) is 4.50. The molecule has 3 aromatic carbocycles. The highest BCUT2D eigenvalue weighted by Crippen LogP contribution is 2.40. The average molecular weight is 551 g/mol. The second-order valence-corrected chi connectivity index (χ2v) is 9.56. The molecule has 0 spiro atoms. The van der Waals surface area contributed by atoms with Crippen molar-refractivity contribution in [1.29, 1.82) is 0 Å². The maximum absolute atomic E-state index is 13.4. The number of piperidine rings is 1. The zero-order valence-corrected chi connectivity index (χ0v) is 20.9. The molecule has 1 aliphatic heterocycles. The molecule has 2 atom stereocenters. The van der Waals surface area contributed by atoms with Crippen molar-refractivity contribution in [2.24, 2.45) is 11.7 Å². The van der Waals surface area contributed by atoms with Gasteiger partial charge >= 0.3 is 12.4 Å². The number of amides is 1. The van der Waals surface area contributed by atoms with Crippen LogP contribution in [0.1, 0.15) is 40.2 Å². The van der Waals surface area contributed by atoms with E-state index in [0.29, 0.717) is 25.1 Å². The van der Waals surface area contributed by atoms with Crippen molar-refractivity contribution in [3.63, 3.8) is 0 Å². The number of hydrogen-bond acceptors (Lipinski definition) is 3. The van der Waals surface area contributed by atoms with Crippen LogP contribution in [0.2, 0.25) is 0 Å². The summed E-state index contributed by atoms with van der Waals surface area (Å²) < 4.78 is 86.3. The summed E-state index contributed by atoms with van der Waals surface area (Å²) in [7, 11) is 0. The summed E-state index contributed by atoms with van der Waals surface area (Å²) in [6.07, 6.45) is -10.1. The fraction of sp³-hybridized carbons (Fsp3) is 0.345. The predicted octanol–water partition coefficient (Wildman–Crippen LogP) is 6.25. The predicted molar refractivity (Wildman–Crippen MR) is 133 cm³/mol. The van der Waals surface area contributed by atoms with Gasteiger partial charge in [-0.3, -0.25) is 4.79 Å². The van der Waals surface area contributed by atoms with E-state index in [2.05, 4.69) is 0 Å². The Balaban J connectivity index is 1.69. The minimum atomic E-state index is -4.95. The molecule has 4 nitrogen and oxygen atoms in total. The van der Waals surface area contributed by atoms with Crippen LogP contribution in [0.25, 0.3) is 0 Å². The Labute approximate surface area is 222 Å². The molecule has 1 heterocycles. The van der Waals surface area contributed by atoms with E-state index in [1.807, 2.05) is 60.7 Å². The van der Waals surface area contributed by atoms with Crippen molar-refractivity contribution in [3.05, 3.63) is 107 Å². The van der Waals surface area contributed by atoms with Gasteiger partial charge < -0.3 is 15.4 Å². The molecule has 1 fully saturated rings. The summed E-state index contributed by atoms with van der Waals surface area (Å²) in [5.74, 6) is -0.837. The first kappa shape index (κ1) is 28.6. The topological polar surface area (TPSA) is 55.6 Å². The lowest BCUT2D eigenvalue weighted by Gasteiger charge is -2.42. The van der Waals surface area contributed by atoms with Gasteiger partial charge in [-0.1, -0.05) is 60.7 Å². The number of halogens is 6. The van der Waals surface area contributed by atoms with E-state index < -0.39 is 36.2 Å². The third-order valence-corrected chi connectivity index (χ3v) is 6.98. The molecule has 2 unspecified atom stereocenters. The van der Waals surface area contributed by atoms with Gasteiger partial charge in [0.25, 0.3) is 0 Å². The third kappa shape index (κ3) is 6.99. The number of nitrogens with two attached hydrogens (primary N) is 1. The van der Waals surface area contributed by atoms with Crippen molar-refractivity contribution >= 4 is 5.91 Å². The van der Waals surface area contributed by atoms with E-state index in [9.17, 15) is 31.1 Å². The highest BCUT2D eigenvalue weighted by Gasteiger charge is 2.40. The fourth-order valence-corrected chi connectivity index (χ4v) is 5.16. The van der Waals surface area contributed by atoms with Gasteiger partial charge in [0, 0.05) is 24.9 Å². The van der Waals surface area contributed by atoms with Crippen LogP contribution in [-0.2, 0) is 28.5 Å². The van der Waals surface area contributed by atoms with Crippen LogP contribution in [0.15, 0.2) is 78.9 Å². The molecule has 1 saturated heterocycles. The van der Waals surface area contributed by atoms with Gasteiger partial charge in [-0.25, -0.2) is 0 Å². The Morgan fingerprint density at radius 3 is 1.85 bits per heavy atom. The monoisotopic (exact) mass is 550 g/mol. The van der Waals surface area contributed by atoms with E-state index in [-0.39, 0.29) is 42.5 Å². The average Bonchev–Trinajstić information content (AvgIpc) is 2.92. The minimum Gasteiger partial charge on any atom is -0.373 e. The molecule has 0 bridgehead atoms. The number of ether oxygens (including phenoxy) is 1. The number of rotatable bonds is 7. The zero-order chi connectivity index (χ0) is 28.2. The van der Waals surface area contributed by atoms with E-state index in [1.54, 1.807) is 4.90 Å². The normalized spacial score (nSPS) is 18.4. The van der Waals surface area contributed by atoms with Gasteiger partial charge in [-0.2, -0.15) is 26.3 Å². The summed E-state index contributed by atoms with van der Waals surface area (Å²) in [6.45, 7) is -0.0468. The Bertz CT molecular complexity index is 1180. The number of nitrogens with zero attached hydrogens (tertiary/aromatic N) is 1. The van der Waals surface area contributed by atoms with Crippen LogP contribution in [0.5, 0.6) is 0 Å². The maximum Gasteiger partial charge on any atom is 0.416 e. The van der Waals surface area contributed by atoms with Gasteiger partial charge in [-0.15, -0.1) is 0 Å². The van der Waals surface area contributed by atoms with Gasteiger partial charge in [0.15, 0.2) is 0 Å². The Kier molecular flexibility index (Phi) is 8.66. The van der Waals surface area contributed by atoms with Gasteiger partial charge in [0.1, 0.15) is 0 Å². The van der Waals surface area contributed by atoms with Crippen molar-refractivity contribution in [3.8, 4) is 0 Å². The van der Waals surface area contributed by atoms with Crippen molar-refractivity contribution in [2.45, 2.75) is 37.4 Å². The number of benzene rings is 3. The summed E-state index contributed by atoms with van der Waals surface area (Å²) in [5, 5.41) is 0. The Morgan fingerprint density at radius 1 is 0.872 bits per heavy atom. The van der Waals surface area contributed by atoms with Crippen LogP contribution < -0.4 is 5.73 Å². The van der Waals surface area contributed by atoms with E-state index in [1.165, 1.54) is 0 Å². The van der Waals surface area contributed by atoms with Crippen molar-refractivity contribution in [2.75, 3.05) is 19.6 Å². The van der Waals surface area contributed by atoms with E-state index in [4.69, 9.17) is 10.5 Å². The smallest absolute Gasteiger partial charge is 0.373 e. The second-order valence-electron chi connectivity index (χ2n) is 9.56. The molecule has 0 aliphatic carbocycles. The number of likely N-dealkylation sites (tertiary alicyclic amines) is 1. The van der Waals surface area contributed by atoms with Crippen LogP contribution >= 0.6 is 0 Å². The largest absolute Gasteiger partial charge is 0.416 e. The molecule has 1 amide bonds. The molecule has 1 aliphatic rings. The minimum absolute atomic E-state index is 0.101. The second kappa shape index (κ2) is 11.8. The quantitative estimate of drug-likeness (QED) is 0.354. The van der Waals surface area contributed by atoms with Gasteiger partial charge in [0.05, 0.1) is 30.4 Å². The van der Waals surface area contributed by atoms with Crippen molar-refractivity contribution < 1.29 is 35.9 Å². The molecule has 208 valence electrons. The lowest BCUT2D eigenvalue weighted by Crippen LogP contribution is -2.50. The lowest BCUT2D eigenvalue weighted by molar-refractivity contribution is -0.143. The molecule has 10 heteroatoms. The molecular weight excluding hydrogens is 522 g/mol. The van der Waals surface area contributed by atoms with Crippen LogP contribution in [0.4, 0.5) is 26.3 Å². The summed E-state index contributed by atoms with van der Waals surface area (Å²) >= 11 is 0. The van der Waals surface area contributed by atoms with E-state index >= 15 is 0 Å². The molecule has 39 heavy (non-hydrogen) atoms. The fourth-order valence-electron chi connectivity index (χ4n) is 5.16. The molecule has 0 aromatic heterocycles. The summed E-state index contributed by atoms with van der Waals surface area (Å²) in [6, 6.07) is 20.5. The first-order valence-corrected chi connectivity index (χ1v) is 12.4. The SMILES string of the molecule is NCC(=O)N1CCC(OCc2cc(C(F)(F)F)cc(C(F)(F)F)c2)C(C(c2ccccc2)c2ccccc2)C1. The number of hydrogen-bond donors (Lipinski definition) is 1. The standard InChI is InChI=1S/C29H28F6N2O2/c30-28(31,32)22-13-19(14-23(15-22)29(33,34)35)18-39-25-11-12-37(26(38)16-36)17-24(25)27(20-7-3-1-4-8-20)21-9-5-2-6-10-21/h1-10,13-15,24-25,27H,11-12,16-18,36H2. The zero-order valence-electron chi connectivity index (χ0n) is 20.9. The number of carbonyl (C=O) groups excluding carboxylic acids is 1. The van der Waals surface area contributed by atoms with E-state index in [0.717, 1.165) is 11.1 Å². The molecule has 0 radical (unpaired) electrons. The highest BCUT2D eigenvalue weighted by atomic mass is 19.4. The lowest BCUT2D eigenvalue weighted by atomic mass is 9.75. The molecule has 2 N–H and O–H groups in total. The molecule has 0 saturated carbocycles. The maximum atomic E-state index is 13.4. The molecule has 3 aromatic rings. The Morgan fingerprint density at radius 2 is 1.38 bits per heavy atom. The first-order valence-electron chi connectivity index (χ1n) is 12.4. The van der Waals surface area contributed by atoms with Gasteiger partial charge in [0.2, 0.25) is 5.91 Å². The van der Waals surface area contributed by atoms with Crippen LogP contribution in [-0.4, -0.2) is 36.5 Å². The van der Waals surface area contributed by atoms with Crippen LogP contribution in [0, 0.1) is 5.92 Å². The van der Waals surface area contributed by atoms with Gasteiger partial charge in [-0.05, 0) is 41.3 Å². The number of alkyl halides is 6. The third-order valence-electron chi connectivity index (χ3n) is 6.98. The highest BCUT2D eigenvalue weighted by molar-refractivity contribution is 5.78. The number of carbonyl (C=O) groups is 1. The van der Waals surface area contributed by atoms with Crippen molar-refractivity contribution in [1.82, 2.24) is 4.90 Å². The molecule has 4 rings (SSSR count). The van der Waals surface area contributed by atoms with Crippen LogP contribution in [0.3, 0.4) is 0 Å².